The van der Waals surface area contributed by atoms with Gasteiger partial charge in [0.2, 0.25) is 5.91 Å². The van der Waals surface area contributed by atoms with Crippen molar-refractivity contribution < 1.29 is 22.7 Å². The van der Waals surface area contributed by atoms with Crippen LogP contribution >= 0.6 is 0 Å². The molecule has 2 aromatic carbocycles. The molecule has 0 aromatic heterocycles. The molecule has 0 unspecified atom stereocenters. The van der Waals surface area contributed by atoms with Crippen LogP contribution in [0.15, 0.2) is 36.4 Å². The molecule has 0 bridgehead atoms. The smallest absolute Gasteiger partial charge is 0.337 e. The standard InChI is InChI=1S/C21H27N3O5S/c1-14-7-8-16(3)19(11-14)24(30(27,28)23(4)5)13-20(25)22-18-12-17(21(26)29-6)10-9-15(18)2/h7-12H,13H2,1-6H3,(H,22,25). The van der Waals surface area contributed by atoms with Crippen molar-refractivity contribution in [2.75, 3.05) is 37.4 Å². The molecule has 0 saturated heterocycles. The van der Waals surface area contributed by atoms with Gasteiger partial charge < -0.3 is 10.1 Å². The van der Waals surface area contributed by atoms with E-state index >= 15 is 0 Å². The number of amides is 1. The van der Waals surface area contributed by atoms with E-state index in [-0.39, 0.29) is 5.56 Å². The fourth-order valence-electron chi connectivity index (χ4n) is 2.80. The lowest BCUT2D eigenvalue weighted by Gasteiger charge is -2.28. The van der Waals surface area contributed by atoms with Gasteiger partial charge >= 0.3 is 16.2 Å². The minimum Gasteiger partial charge on any atom is -0.465 e. The first-order chi connectivity index (χ1) is 14.0. The first kappa shape index (κ1) is 23.4. The molecule has 1 N–H and O–H groups in total. The van der Waals surface area contributed by atoms with Crippen molar-refractivity contribution >= 4 is 33.5 Å². The topological polar surface area (TPSA) is 96.0 Å². The average molecular weight is 434 g/mol. The van der Waals surface area contributed by atoms with Gasteiger partial charge in [-0.1, -0.05) is 18.2 Å². The highest BCUT2D eigenvalue weighted by Gasteiger charge is 2.28. The molecular weight excluding hydrogens is 406 g/mol. The van der Waals surface area contributed by atoms with Gasteiger partial charge in [-0.25, -0.2) is 9.10 Å². The van der Waals surface area contributed by atoms with E-state index in [2.05, 4.69) is 5.32 Å². The van der Waals surface area contributed by atoms with Gasteiger partial charge in [-0.15, -0.1) is 0 Å². The van der Waals surface area contributed by atoms with Crippen molar-refractivity contribution in [3.05, 3.63) is 58.7 Å². The van der Waals surface area contributed by atoms with Crippen LogP contribution in [0.5, 0.6) is 0 Å². The lowest BCUT2D eigenvalue weighted by Crippen LogP contribution is -2.44. The Labute approximate surface area is 177 Å². The summed E-state index contributed by atoms with van der Waals surface area (Å²) in [4.78, 5) is 24.6. The minimum atomic E-state index is -3.92. The highest BCUT2D eigenvalue weighted by molar-refractivity contribution is 7.90. The summed E-state index contributed by atoms with van der Waals surface area (Å²) in [6.45, 7) is 4.99. The molecule has 0 saturated carbocycles. The second-order valence-electron chi connectivity index (χ2n) is 7.16. The van der Waals surface area contributed by atoms with Crippen molar-refractivity contribution in [3.63, 3.8) is 0 Å². The highest BCUT2D eigenvalue weighted by atomic mass is 32.2. The quantitative estimate of drug-likeness (QED) is 0.677. The Bertz CT molecular complexity index is 1060. The SMILES string of the molecule is COC(=O)c1ccc(C)c(NC(=O)CN(c2cc(C)ccc2C)S(=O)(=O)N(C)C)c1. The van der Waals surface area contributed by atoms with E-state index in [0.29, 0.717) is 11.4 Å². The third-order valence-corrected chi connectivity index (χ3v) is 6.40. The number of rotatable bonds is 7. The summed E-state index contributed by atoms with van der Waals surface area (Å²) in [5.74, 6) is -1.07. The Morgan fingerprint density at radius 3 is 2.23 bits per heavy atom. The van der Waals surface area contributed by atoms with Crippen LogP contribution in [-0.4, -0.2) is 52.3 Å². The van der Waals surface area contributed by atoms with Gasteiger partial charge in [-0.05, 0) is 55.7 Å². The second-order valence-corrected chi connectivity index (χ2v) is 9.22. The molecule has 0 fully saturated rings. The Morgan fingerprint density at radius 2 is 1.63 bits per heavy atom. The molecule has 2 aromatic rings. The number of nitrogens with one attached hydrogen (secondary N) is 1. The number of benzene rings is 2. The van der Waals surface area contributed by atoms with Crippen LogP contribution in [0.2, 0.25) is 0 Å². The Balaban J connectivity index is 2.39. The number of nitrogens with zero attached hydrogens (tertiary/aromatic N) is 2. The third kappa shape index (κ3) is 5.17. The summed E-state index contributed by atoms with van der Waals surface area (Å²) >= 11 is 0. The predicted octanol–water partition coefficient (Wildman–Crippen LogP) is 2.65. The molecule has 8 nitrogen and oxygen atoms in total. The molecule has 30 heavy (non-hydrogen) atoms. The van der Waals surface area contributed by atoms with E-state index in [1.807, 2.05) is 19.1 Å². The lowest BCUT2D eigenvalue weighted by molar-refractivity contribution is -0.114. The highest BCUT2D eigenvalue weighted by Crippen LogP contribution is 2.25. The Kier molecular flexibility index (Phi) is 7.22. The molecule has 1 amide bonds. The number of carbonyl (C=O) groups is 2. The molecule has 0 atom stereocenters. The van der Waals surface area contributed by atoms with E-state index in [4.69, 9.17) is 4.74 Å². The number of hydrogen-bond acceptors (Lipinski definition) is 5. The van der Waals surface area contributed by atoms with Crippen LogP contribution < -0.4 is 9.62 Å². The monoisotopic (exact) mass is 433 g/mol. The van der Waals surface area contributed by atoms with Crippen LogP contribution in [0.4, 0.5) is 11.4 Å². The average Bonchev–Trinajstić information content (AvgIpc) is 2.69. The van der Waals surface area contributed by atoms with E-state index in [1.54, 1.807) is 32.0 Å². The molecule has 0 spiro atoms. The van der Waals surface area contributed by atoms with Gasteiger partial charge in [-0.3, -0.25) is 4.79 Å². The van der Waals surface area contributed by atoms with Crippen LogP contribution in [0.3, 0.4) is 0 Å². The largest absolute Gasteiger partial charge is 0.465 e. The Morgan fingerprint density at radius 1 is 1.00 bits per heavy atom. The zero-order chi connectivity index (χ0) is 22.6. The summed E-state index contributed by atoms with van der Waals surface area (Å²) in [6.07, 6.45) is 0. The Hall–Kier alpha value is -2.91. The van der Waals surface area contributed by atoms with E-state index < -0.39 is 28.6 Å². The number of esters is 1. The summed E-state index contributed by atoms with van der Waals surface area (Å²) in [6, 6.07) is 10.2. The molecule has 0 aliphatic heterocycles. The number of methoxy groups -OCH3 is 1. The maximum atomic E-state index is 12.9. The fraction of sp³-hybridized carbons (Fsp3) is 0.333. The maximum absolute atomic E-state index is 12.9. The fourth-order valence-corrected chi connectivity index (χ4v) is 3.92. The number of ether oxygens (including phenoxy) is 1. The van der Waals surface area contributed by atoms with Crippen LogP contribution in [0, 0.1) is 20.8 Å². The van der Waals surface area contributed by atoms with Crippen LogP contribution in [0.25, 0.3) is 0 Å². The van der Waals surface area contributed by atoms with E-state index in [1.165, 1.54) is 27.3 Å². The minimum absolute atomic E-state index is 0.283. The molecule has 2 rings (SSSR count). The van der Waals surface area contributed by atoms with Crippen molar-refractivity contribution in [2.24, 2.45) is 0 Å². The van der Waals surface area contributed by atoms with Gasteiger partial charge in [0.05, 0.1) is 18.4 Å². The van der Waals surface area contributed by atoms with Crippen LogP contribution in [-0.2, 0) is 19.7 Å². The molecule has 162 valence electrons. The molecule has 0 radical (unpaired) electrons. The molecule has 0 aliphatic carbocycles. The van der Waals surface area contributed by atoms with Gasteiger partial charge in [0.1, 0.15) is 6.54 Å². The third-order valence-electron chi connectivity index (χ3n) is 4.59. The first-order valence-electron chi connectivity index (χ1n) is 9.23. The van der Waals surface area contributed by atoms with Gasteiger partial charge in [0.15, 0.2) is 0 Å². The zero-order valence-corrected chi connectivity index (χ0v) is 18.8. The van der Waals surface area contributed by atoms with Crippen LogP contribution in [0.1, 0.15) is 27.0 Å². The molecule has 0 aliphatic rings. The van der Waals surface area contributed by atoms with Gasteiger partial charge in [0.25, 0.3) is 0 Å². The number of carbonyl (C=O) groups excluding carboxylic acids is 2. The van der Waals surface area contributed by atoms with E-state index in [0.717, 1.165) is 25.3 Å². The molecule has 0 heterocycles. The lowest BCUT2D eigenvalue weighted by atomic mass is 10.1. The zero-order valence-electron chi connectivity index (χ0n) is 18.0. The summed E-state index contributed by atoms with van der Waals surface area (Å²) in [5.41, 5.74) is 3.44. The van der Waals surface area contributed by atoms with Crippen molar-refractivity contribution in [1.29, 1.82) is 0 Å². The van der Waals surface area contributed by atoms with Crippen molar-refractivity contribution in [3.8, 4) is 0 Å². The summed E-state index contributed by atoms with van der Waals surface area (Å²) < 4.78 is 32.7. The second kappa shape index (κ2) is 9.27. The van der Waals surface area contributed by atoms with Crippen molar-refractivity contribution in [1.82, 2.24) is 4.31 Å². The van der Waals surface area contributed by atoms with E-state index in [9.17, 15) is 18.0 Å². The maximum Gasteiger partial charge on any atom is 0.337 e. The summed E-state index contributed by atoms with van der Waals surface area (Å²) in [5, 5.41) is 2.70. The molecular formula is C21H27N3O5S. The molecule has 9 heteroatoms. The van der Waals surface area contributed by atoms with Gasteiger partial charge in [-0.2, -0.15) is 12.7 Å². The number of hydrogen-bond donors (Lipinski definition) is 1. The first-order valence-corrected chi connectivity index (χ1v) is 10.6. The normalized spacial score (nSPS) is 11.3. The van der Waals surface area contributed by atoms with Gasteiger partial charge in [0, 0.05) is 19.8 Å². The predicted molar refractivity (Wildman–Crippen MR) is 117 cm³/mol. The van der Waals surface area contributed by atoms with Crippen molar-refractivity contribution in [2.45, 2.75) is 20.8 Å². The number of aryl methyl sites for hydroxylation is 3. The number of anilines is 2. The summed E-state index contributed by atoms with van der Waals surface area (Å²) in [7, 11) is 0.174.